The Morgan fingerprint density at radius 3 is 2.48 bits per heavy atom. The first-order valence-electron chi connectivity index (χ1n) is 6.41. The molecule has 0 aliphatic heterocycles. The molecule has 5 nitrogen and oxygen atoms in total. The summed E-state index contributed by atoms with van der Waals surface area (Å²) in [5, 5.41) is 3.86. The molecular formula is C14H16ClN3O2S. The maximum atomic E-state index is 12.0. The van der Waals surface area contributed by atoms with Gasteiger partial charge in [0.2, 0.25) is 5.13 Å². The first kappa shape index (κ1) is 15.7. The fourth-order valence-electron chi connectivity index (χ4n) is 1.79. The summed E-state index contributed by atoms with van der Waals surface area (Å²) in [6.07, 6.45) is -0.644. The van der Waals surface area contributed by atoms with Crippen molar-refractivity contribution in [2.24, 2.45) is 0 Å². The lowest BCUT2D eigenvalue weighted by Crippen LogP contribution is -2.30. The van der Waals surface area contributed by atoms with E-state index in [4.69, 9.17) is 16.3 Å². The second kappa shape index (κ2) is 6.41. The molecule has 0 aliphatic rings. The third-order valence-corrected chi connectivity index (χ3v) is 4.17. The van der Waals surface area contributed by atoms with Crippen LogP contribution in [0, 0.1) is 20.8 Å². The van der Waals surface area contributed by atoms with Crippen LogP contribution in [0.5, 0.6) is 5.75 Å². The fraction of sp³-hybridized carbons (Fsp3) is 0.357. The van der Waals surface area contributed by atoms with E-state index in [-0.39, 0.29) is 5.91 Å². The molecule has 0 radical (unpaired) electrons. The van der Waals surface area contributed by atoms with Crippen molar-refractivity contribution in [2.45, 2.75) is 33.8 Å². The lowest BCUT2D eigenvalue weighted by atomic mass is 10.1. The lowest BCUT2D eigenvalue weighted by Gasteiger charge is -2.15. The zero-order valence-corrected chi connectivity index (χ0v) is 13.8. The molecule has 112 valence electrons. The SMILES string of the molecule is Cc1nsc(NC(=O)[C@@H](C)Oc2cc(C)c(Cl)c(C)c2)n1. The van der Waals surface area contributed by atoms with Gasteiger partial charge in [-0.15, -0.1) is 0 Å². The average molecular weight is 326 g/mol. The summed E-state index contributed by atoms with van der Waals surface area (Å²) in [6.45, 7) is 7.25. The van der Waals surface area contributed by atoms with Crippen LogP contribution >= 0.6 is 23.1 Å². The van der Waals surface area contributed by atoms with Crippen LogP contribution in [0.25, 0.3) is 0 Å². The van der Waals surface area contributed by atoms with Gasteiger partial charge < -0.3 is 4.74 Å². The van der Waals surface area contributed by atoms with E-state index in [1.54, 1.807) is 13.8 Å². The standard InChI is InChI=1S/C14H16ClN3O2S/c1-7-5-11(6-8(2)12(7)15)20-9(3)13(19)17-14-16-10(4)18-21-14/h5-6,9H,1-4H3,(H,16,17,18,19)/t9-/m1/s1. The minimum Gasteiger partial charge on any atom is -0.481 e. The summed E-state index contributed by atoms with van der Waals surface area (Å²) in [7, 11) is 0. The van der Waals surface area contributed by atoms with Crippen LogP contribution in [0.15, 0.2) is 12.1 Å². The maximum Gasteiger partial charge on any atom is 0.266 e. The number of benzene rings is 1. The number of nitrogens with zero attached hydrogens (tertiary/aromatic N) is 2. The first-order valence-corrected chi connectivity index (χ1v) is 7.56. The normalized spacial score (nSPS) is 12.0. The van der Waals surface area contributed by atoms with Gasteiger partial charge in [-0.3, -0.25) is 10.1 Å². The quantitative estimate of drug-likeness (QED) is 0.934. The Morgan fingerprint density at radius 2 is 1.95 bits per heavy atom. The van der Waals surface area contributed by atoms with Crippen LogP contribution in [0.1, 0.15) is 23.9 Å². The second-order valence-corrected chi connectivity index (χ2v) is 5.90. The molecule has 0 aliphatic carbocycles. The molecule has 1 amide bonds. The minimum absolute atomic E-state index is 0.267. The Kier molecular flexibility index (Phi) is 4.80. The molecule has 1 aromatic carbocycles. The molecule has 0 saturated heterocycles. The van der Waals surface area contributed by atoms with Crippen molar-refractivity contribution in [2.75, 3.05) is 5.32 Å². The van der Waals surface area contributed by atoms with E-state index in [9.17, 15) is 4.79 Å². The van der Waals surface area contributed by atoms with E-state index >= 15 is 0 Å². The van der Waals surface area contributed by atoms with Gasteiger partial charge in [0.1, 0.15) is 11.6 Å². The number of nitrogens with one attached hydrogen (secondary N) is 1. The molecule has 21 heavy (non-hydrogen) atoms. The van der Waals surface area contributed by atoms with Gasteiger partial charge in [-0.05, 0) is 51.0 Å². The molecular weight excluding hydrogens is 310 g/mol. The van der Waals surface area contributed by atoms with Crippen LogP contribution in [0.3, 0.4) is 0 Å². The van der Waals surface area contributed by atoms with E-state index in [1.807, 2.05) is 26.0 Å². The summed E-state index contributed by atoms with van der Waals surface area (Å²) in [5.41, 5.74) is 1.83. The van der Waals surface area contributed by atoms with Gasteiger partial charge >= 0.3 is 0 Å². The monoisotopic (exact) mass is 325 g/mol. The van der Waals surface area contributed by atoms with Crippen molar-refractivity contribution < 1.29 is 9.53 Å². The van der Waals surface area contributed by atoms with Gasteiger partial charge in [-0.25, -0.2) is 4.98 Å². The van der Waals surface area contributed by atoms with Crippen molar-refractivity contribution in [3.8, 4) is 5.75 Å². The molecule has 0 bridgehead atoms. The van der Waals surface area contributed by atoms with Crippen molar-refractivity contribution in [1.82, 2.24) is 9.36 Å². The Hall–Kier alpha value is -1.66. The molecule has 2 aromatic rings. The lowest BCUT2D eigenvalue weighted by molar-refractivity contribution is -0.122. The van der Waals surface area contributed by atoms with Crippen molar-refractivity contribution in [3.05, 3.63) is 34.1 Å². The predicted molar refractivity (Wildman–Crippen MR) is 84.3 cm³/mol. The van der Waals surface area contributed by atoms with Crippen LogP contribution < -0.4 is 10.1 Å². The van der Waals surface area contributed by atoms with Gasteiger partial charge in [0.25, 0.3) is 5.91 Å². The largest absolute Gasteiger partial charge is 0.481 e. The number of aryl methyl sites for hydroxylation is 3. The summed E-state index contributed by atoms with van der Waals surface area (Å²) in [4.78, 5) is 16.1. The number of carbonyl (C=O) groups is 1. The number of amides is 1. The van der Waals surface area contributed by atoms with E-state index < -0.39 is 6.10 Å². The van der Waals surface area contributed by atoms with Gasteiger partial charge in [0, 0.05) is 16.6 Å². The van der Waals surface area contributed by atoms with Gasteiger partial charge in [-0.1, -0.05) is 11.6 Å². The van der Waals surface area contributed by atoms with Crippen molar-refractivity contribution in [1.29, 1.82) is 0 Å². The molecule has 0 fully saturated rings. The maximum absolute atomic E-state index is 12.0. The van der Waals surface area contributed by atoms with E-state index in [0.29, 0.717) is 21.7 Å². The molecule has 2 rings (SSSR count). The van der Waals surface area contributed by atoms with Crippen LogP contribution in [0.4, 0.5) is 5.13 Å². The smallest absolute Gasteiger partial charge is 0.266 e. The van der Waals surface area contributed by atoms with E-state index in [2.05, 4.69) is 14.7 Å². The third kappa shape index (κ3) is 3.92. The fourth-order valence-corrected chi connectivity index (χ4v) is 2.47. The third-order valence-electron chi connectivity index (χ3n) is 2.85. The molecule has 1 atom stereocenters. The van der Waals surface area contributed by atoms with Crippen LogP contribution in [-0.2, 0) is 4.79 Å². The number of anilines is 1. The number of rotatable bonds is 4. The Morgan fingerprint density at radius 1 is 1.33 bits per heavy atom. The highest BCUT2D eigenvalue weighted by atomic mass is 35.5. The zero-order chi connectivity index (χ0) is 15.6. The van der Waals surface area contributed by atoms with Crippen LogP contribution in [-0.4, -0.2) is 21.4 Å². The Labute approximate surface area is 132 Å². The Bertz CT molecular complexity index is 649. The molecule has 0 saturated carbocycles. The summed E-state index contributed by atoms with van der Waals surface area (Å²) in [5.74, 6) is 0.981. The molecule has 0 spiro atoms. The number of halogens is 1. The topological polar surface area (TPSA) is 64.1 Å². The van der Waals surface area contributed by atoms with Crippen LogP contribution in [0.2, 0.25) is 5.02 Å². The van der Waals surface area contributed by atoms with Gasteiger partial charge in [-0.2, -0.15) is 4.37 Å². The zero-order valence-electron chi connectivity index (χ0n) is 12.2. The summed E-state index contributed by atoms with van der Waals surface area (Å²) < 4.78 is 9.66. The molecule has 1 heterocycles. The highest BCUT2D eigenvalue weighted by Gasteiger charge is 2.17. The second-order valence-electron chi connectivity index (χ2n) is 4.77. The average Bonchev–Trinajstić information content (AvgIpc) is 2.81. The molecule has 1 aromatic heterocycles. The number of aromatic nitrogens is 2. The highest BCUT2D eigenvalue weighted by Crippen LogP contribution is 2.26. The summed E-state index contributed by atoms with van der Waals surface area (Å²) in [6, 6.07) is 3.63. The van der Waals surface area contributed by atoms with Gasteiger partial charge in [0.15, 0.2) is 6.10 Å². The van der Waals surface area contributed by atoms with Crippen molar-refractivity contribution in [3.63, 3.8) is 0 Å². The summed E-state index contributed by atoms with van der Waals surface area (Å²) >= 11 is 7.25. The van der Waals surface area contributed by atoms with Crippen molar-refractivity contribution >= 4 is 34.2 Å². The minimum atomic E-state index is -0.644. The predicted octanol–water partition coefficient (Wildman–Crippen LogP) is 3.52. The highest BCUT2D eigenvalue weighted by molar-refractivity contribution is 7.09. The number of ether oxygens (including phenoxy) is 1. The van der Waals surface area contributed by atoms with E-state index in [1.165, 1.54) is 0 Å². The number of hydrogen-bond acceptors (Lipinski definition) is 5. The first-order chi connectivity index (χ1) is 9.86. The van der Waals surface area contributed by atoms with Gasteiger partial charge in [0.05, 0.1) is 0 Å². The number of hydrogen-bond donors (Lipinski definition) is 1. The molecule has 0 unspecified atom stereocenters. The van der Waals surface area contributed by atoms with E-state index in [0.717, 1.165) is 22.7 Å². The molecule has 1 N–H and O–H groups in total. The Balaban J connectivity index is 2.03. The molecule has 7 heteroatoms. The number of carbonyl (C=O) groups excluding carboxylic acids is 1.